The lowest BCUT2D eigenvalue weighted by atomic mass is 10.0. The second kappa shape index (κ2) is 6.44. The van der Waals surface area contributed by atoms with Gasteiger partial charge in [-0.3, -0.25) is 4.98 Å². The van der Waals surface area contributed by atoms with Crippen LogP contribution in [0.4, 0.5) is 4.39 Å². The molecule has 5 heteroatoms. The summed E-state index contributed by atoms with van der Waals surface area (Å²) in [4.78, 5) is 16.7. The molecule has 0 radical (unpaired) electrons. The van der Waals surface area contributed by atoms with Gasteiger partial charge in [0.15, 0.2) is 0 Å². The first-order valence-electron chi connectivity index (χ1n) is 8.13. The van der Waals surface area contributed by atoms with Crippen molar-refractivity contribution in [2.45, 2.75) is 6.92 Å². The zero-order chi connectivity index (χ0) is 18.1. The largest absolute Gasteiger partial charge is 0.366 e. The molecule has 0 atom stereocenters. The van der Waals surface area contributed by atoms with Crippen LogP contribution >= 0.6 is 0 Å². The van der Waals surface area contributed by atoms with Crippen LogP contribution < -0.4 is 5.63 Å². The predicted octanol–water partition coefficient (Wildman–Crippen LogP) is 4.61. The molecule has 0 saturated heterocycles. The third-order valence-electron chi connectivity index (χ3n) is 4.17. The fraction of sp³-hybridized carbons (Fsp3) is 0.0476. The van der Waals surface area contributed by atoms with Crippen LogP contribution in [0.5, 0.6) is 0 Å². The SMILES string of the molecule is Cc1ccc(-n2oc(=O)c(-c3ccc(F)cc3)c2-c2ccncc2)cc1. The summed E-state index contributed by atoms with van der Waals surface area (Å²) in [7, 11) is 0. The van der Waals surface area contributed by atoms with Gasteiger partial charge in [-0.05, 0) is 48.9 Å². The molecule has 0 aliphatic carbocycles. The van der Waals surface area contributed by atoms with Crippen molar-refractivity contribution < 1.29 is 8.91 Å². The molecule has 128 valence electrons. The average Bonchev–Trinajstić information content (AvgIpc) is 3.01. The zero-order valence-electron chi connectivity index (χ0n) is 14.0. The van der Waals surface area contributed by atoms with Gasteiger partial charge in [0.2, 0.25) is 0 Å². The van der Waals surface area contributed by atoms with Gasteiger partial charge in [0.25, 0.3) is 0 Å². The lowest BCUT2D eigenvalue weighted by molar-refractivity contribution is 0.327. The Morgan fingerprint density at radius 2 is 1.54 bits per heavy atom. The van der Waals surface area contributed by atoms with Crippen LogP contribution in [0.1, 0.15) is 5.56 Å². The number of nitrogens with zero attached hydrogens (tertiary/aromatic N) is 2. The summed E-state index contributed by atoms with van der Waals surface area (Å²) in [5.74, 6) is -0.360. The number of hydrogen-bond acceptors (Lipinski definition) is 3. The second-order valence-corrected chi connectivity index (χ2v) is 5.98. The molecule has 0 aliphatic rings. The van der Waals surface area contributed by atoms with Gasteiger partial charge < -0.3 is 4.52 Å². The fourth-order valence-electron chi connectivity index (χ4n) is 2.88. The maximum Gasteiger partial charge on any atom is 0.366 e. The van der Waals surface area contributed by atoms with E-state index in [0.717, 1.165) is 16.8 Å². The van der Waals surface area contributed by atoms with Crippen molar-refractivity contribution in [2.75, 3.05) is 0 Å². The Hall–Kier alpha value is -3.47. The van der Waals surface area contributed by atoms with E-state index in [-0.39, 0.29) is 5.82 Å². The van der Waals surface area contributed by atoms with Crippen LogP contribution in [-0.2, 0) is 0 Å². The van der Waals surface area contributed by atoms with Crippen molar-refractivity contribution >= 4 is 0 Å². The molecule has 4 aromatic rings. The van der Waals surface area contributed by atoms with E-state index in [0.29, 0.717) is 16.8 Å². The first-order valence-corrected chi connectivity index (χ1v) is 8.13. The van der Waals surface area contributed by atoms with E-state index < -0.39 is 5.63 Å². The summed E-state index contributed by atoms with van der Waals surface area (Å²) in [6.45, 7) is 1.99. The summed E-state index contributed by atoms with van der Waals surface area (Å²) in [6, 6.07) is 17.1. The molecule has 0 fully saturated rings. The maximum atomic E-state index is 13.3. The average molecular weight is 346 g/mol. The van der Waals surface area contributed by atoms with Crippen molar-refractivity contribution in [3.05, 3.63) is 94.9 Å². The minimum Gasteiger partial charge on any atom is -0.330 e. The predicted molar refractivity (Wildman–Crippen MR) is 97.7 cm³/mol. The van der Waals surface area contributed by atoms with Gasteiger partial charge in [-0.15, -0.1) is 0 Å². The maximum absolute atomic E-state index is 13.3. The van der Waals surface area contributed by atoms with E-state index in [9.17, 15) is 9.18 Å². The standard InChI is InChI=1S/C21H15FN2O2/c1-14-2-8-18(9-3-14)24-20(16-10-12-23-13-11-16)19(21(25)26-24)15-4-6-17(22)7-5-15/h2-13H,1H3. The molecule has 0 aliphatic heterocycles. The highest BCUT2D eigenvalue weighted by Gasteiger charge is 2.21. The molecule has 0 N–H and O–H groups in total. The lowest BCUT2D eigenvalue weighted by Gasteiger charge is -2.09. The third kappa shape index (κ3) is 2.84. The Balaban J connectivity index is 2.01. The monoisotopic (exact) mass is 346 g/mol. The van der Waals surface area contributed by atoms with Crippen LogP contribution in [0.25, 0.3) is 28.1 Å². The molecule has 0 unspecified atom stereocenters. The van der Waals surface area contributed by atoms with Gasteiger partial charge in [-0.25, -0.2) is 9.18 Å². The number of benzene rings is 2. The first-order chi connectivity index (χ1) is 12.6. The molecule has 2 aromatic heterocycles. The van der Waals surface area contributed by atoms with Crippen molar-refractivity contribution in [1.29, 1.82) is 0 Å². The number of aromatic nitrogens is 2. The van der Waals surface area contributed by atoms with Gasteiger partial charge in [0, 0.05) is 18.0 Å². The highest BCUT2D eigenvalue weighted by molar-refractivity contribution is 5.81. The van der Waals surface area contributed by atoms with E-state index >= 15 is 0 Å². The van der Waals surface area contributed by atoms with Crippen molar-refractivity contribution in [2.24, 2.45) is 0 Å². The Bertz CT molecular complexity index is 1100. The summed E-state index contributed by atoms with van der Waals surface area (Å²) >= 11 is 0. The molecule has 0 bridgehead atoms. The molecular weight excluding hydrogens is 331 g/mol. The van der Waals surface area contributed by atoms with Gasteiger partial charge in [0.1, 0.15) is 11.5 Å². The molecule has 26 heavy (non-hydrogen) atoms. The highest BCUT2D eigenvalue weighted by Crippen LogP contribution is 2.32. The smallest absolute Gasteiger partial charge is 0.330 e. The molecule has 0 spiro atoms. The molecular formula is C21H15FN2O2. The van der Waals surface area contributed by atoms with Gasteiger partial charge in [0.05, 0.1) is 11.3 Å². The van der Waals surface area contributed by atoms with E-state index in [4.69, 9.17) is 4.52 Å². The number of aryl methyl sites for hydroxylation is 1. The third-order valence-corrected chi connectivity index (χ3v) is 4.17. The van der Waals surface area contributed by atoms with Crippen LogP contribution in [0.3, 0.4) is 0 Å². The van der Waals surface area contributed by atoms with Crippen molar-refractivity contribution in [1.82, 2.24) is 9.72 Å². The number of rotatable bonds is 3. The highest BCUT2D eigenvalue weighted by atomic mass is 19.1. The Kier molecular flexibility index (Phi) is 3.97. The number of pyridine rings is 1. The molecule has 0 amide bonds. The topological polar surface area (TPSA) is 48.0 Å². The molecule has 0 saturated carbocycles. The minimum absolute atomic E-state index is 0.360. The van der Waals surface area contributed by atoms with Gasteiger partial charge in [-0.1, -0.05) is 29.8 Å². The van der Waals surface area contributed by atoms with Crippen LogP contribution in [0.15, 0.2) is 82.4 Å². The molecule has 2 aromatic carbocycles. The van der Waals surface area contributed by atoms with E-state index in [1.807, 2.05) is 43.3 Å². The summed E-state index contributed by atoms with van der Waals surface area (Å²) in [5, 5.41) is 0. The van der Waals surface area contributed by atoms with E-state index in [1.54, 1.807) is 24.5 Å². The fourth-order valence-corrected chi connectivity index (χ4v) is 2.88. The van der Waals surface area contributed by atoms with Gasteiger partial charge >= 0.3 is 5.63 Å². The van der Waals surface area contributed by atoms with Crippen molar-refractivity contribution in [3.63, 3.8) is 0 Å². The van der Waals surface area contributed by atoms with E-state index in [1.165, 1.54) is 16.9 Å². The minimum atomic E-state index is -0.482. The quantitative estimate of drug-likeness (QED) is 0.544. The molecule has 4 nitrogen and oxygen atoms in total. The van der Waals surface area contributed by atoms with E-state index in [2.05, 4.69) is 4.98 Å². The lowest BCUT2D eigenvalue weighted by Crippen LogP contribution is -1.97. The van der Waals surface area contributed by atoms with Crippen molar-refractivity contribution in [3.8, 4) is 28.1 Å². The number of halogens is 1. The second-order valence-electron chi connectivity index (χ2n) is 5.98. The number of hydrogen-bond donors (Lipinski definition) is 0. The normalized spacial score (nSPS) is 10.8. The summed E-state index contributed by atoms with van der Waals surface area (Å²) < 4.78 is 20.4. The van der Waals surface area contributed by atoms with Crippen LogP contribution in [-0.4, -0.2) is 9.72 Å². The summed E-state index contributed by atoms with van der Waals surface area (Å²) in [6.07, 6.45) is 3.31. The molecule has 4 rings (SSSR count). The van der Waals surface area contributed by atoms with Gasteiger partial charge in [-0.2, -0.15) is 4.74 Å². The zero-order valence-corrected chi connectivity index (χ0v) is 14.0. The first kappa shape index (κ1) is 16.0. The Morgan fingerprint density at radius 3 is 2.19 bits per heavy atom. The van der Waals surface area contributed by atoms with Crippen LogP contribution in [0, 0.1) is 12.7 Å². The van der Waals surface area contributed by atoms with Crippen LogP contribution in [0.2, 0.25) is 0 Å². The molecule has 2 heterocycles. The summed E-state index contributed by atoms with van der Waals surface area (Å²) in [5.41, 5.74) is 3.72. The Morgan fingerprint density at radius 1 is 0.885 bits per heavy atom. The Labute approximate surface area is 149 Å².